The van der Waals surface area contributed by atoms with Gasteiger partial charge in [-0.3, -0.25) is 0 Å². The normalized spacial score (nSPS) is 15.0. The van der Waals surface area contributed by atoms with Crippen LogP contribution in [-0.2, 0) is 12.8 Å². The summed E-state index contributed by atoms with van der Waals surface area (Å²) in [7, 11) is 0. The molecule has 2 heterocycles. The minimum Gasteiger partial charge on any atom is -0.456 e. The van der Waals surface area contributed by atoms with E-state index >= 15 is 0 Å². The lowest BCUT2D eigenvalue weighted by molar-refractivity contribution is 0.663. The van der Waals surface area contributed by atoms with Gasteiger partial charge in [0.25, 0.3) is 0 Å². The monoisotopic (exact) mass is 724 g/mol. The van der Waals surface area contributed by atoms with Crippen molar-refractivity contribution in [2.75, 3.05) is 9.80 Å². The Morgan fingerprint density at radius 2 is 1.07 bits per heavy atom. The van der Waals surface area contributed by atoms with E-state index in [0.29, 0.717) is 0 Å². The van der Waals surface area contributed by atoms with E-state index in [2.05, 4.69) is 187 Å². The molecule has 2 aliphatic carbocycles. The lowest BCUT2D eigenvalue weighted by atomic mass is 9.91. The molecule has 0 aliphatic heterocycles. The third-order valence-corrected chi connectivity index (χ3v) is 11.7. The number of furan rings is 2. The number of allylic oxidation sites excluding steroid dienone is 1. The summed E-state index contributed by atoms with van der Waals surface area (Å²) in [5.41, 5.74) is 17.2. The van der Waals surface area contributed by atoms with Crippen LogP contribution in [0.3, 0.4) is 0 Å². The number of hydrogen-bond acceptors (Lipinski definition) is 4. The van der Waals surface area contributed by atoms with Gasteiger partial charge < -0.3 is 18.6 Å². The topological polar surface area (TPSA) is 32.8 Å². The van der Waals surface area contributed by atoms with Crippen LogP contribution in [0.25, 0.3) is 56.0 Å². The summed E-state index contributed by atoms with van der Waals surface area (Å²) in [5, 5.41) is 4.43. The highest BCUT2D eigenvalue weighted by Crippen LogP contribution is 2.42. The van der Waals surface area contributed by atoms with E-state index in [9.17, 15) is 0 Å². The van der Waals surface area contributed by atoms with Gasteiger partial charge in [0.2, 0.25) is 0 Å². The van der Waals surface area contributed by atoms with Crippen LogP contribution in [0.4, 0.5) is 22.7 Å². The third-order valence-electron chi connectivity index (χ3n) is 11.7. The summed E-state index contributed by atoms with van der Waals surface area (Å²) in [6.07, 6.45) is 9.77. The second-order valence-electron chi connectivity index (χ2n) is 15.5. The summed E-state index contributed by atoms with van der Waals surface area (Å²) in [6, 6.07) is 52.6. The number of benzene rings is 7. The molecule has 0 N–H and O–H groups in total. The van der Waals surface area contributed by atoms with Crippen molar-refractivity contribution < 1.29 is 8.83 Å². The molecule has 0 bridgehead atoms. The summed E-state index contributed by atoms with van der Waals surface area (Å²) in [6.45, 7) is 4.31. The van der Waals surface area contributed by atoms with Crippen molar-refractivity contribution in [3.05, 3.63) is 191 Å². The Balaban J connectivity index is 0.961. The Morgan fingerprint density at radius 1 is 0.482 bits per heavy atom. The molecule has 1 atom stereocenters. The molecule has 7 aromatic carbocycles. The molecule has 11 rings (SSSR count). The molecule has 4 nitrogen and oxygen atoms in total. The van der Waals surface area contributed by atoms with Gasteiger partial charge in [-0.2, -0.15) is 0 Å². The number of nitrogens with zero attached hydrogens (tertiary/aromatic N) is 2. The average Bonchev–Trinajstić information content (AvgIpc) is 3.75. The van der Waals surface area contributed by atoms with Gasteiger partial charge in [0.1, 0.15) is 22.3 Å². The van der Waals surface area contributed by atoms with Crippen molar-refractivity contribution in [3.63, 3.8) is 0 Å². The molecular formula is C52H40N2O2. The minimum absolute atomic E-state index is 0.169. The number of fused-ring (bicyclic) bond motifs is 8. The lowest BCUT2D eigenvalue weighted by Crippen LogP contribution is -2.32. The molecular weight excluding hydrogens is 685 g/mol. The van der Waals surface area contributed by atoms with Gasteiger partial charge in [0.05, 0.1) is 6.04 Å². The standard InChI is InChI=1S/C52H40N2O2/c1-33-11-9-17-41(23-33)53(39-13-5-3-6-14-39)43-21-19-35-27-45-47-31-52-48(32-51(47)55-49(45)29-37(35)25-43)46-28-36-20-22-44(26-38(36)30-50(46)56-52)54(40-15-7-4-8-16-40)42-18-10-12-34(2)24-42/h3-19,21,23-24,26-32,43H,20,22,25H2,1-2H3. The van der Waals surface area contributed by atoms with Crippen molar-refractivity contribution in [3.8, 4) is 0 Å². The third kappa shape index (κ3) is 5.52. The zero-order valence-electron chi connectivity index (χ0n) is 31.5. The first-order chi connectivity index (χ1) is 27.5. The minimum atomic E-state index is 0.169. The molecule has 1 unspecified atom stereocenters. The molecule has 56 heavy (non-hydrogen) atoms. The van der Waals surface area contributed by atoms with Crippen LogP contribution in [0.5, 0.6) is 0 Å². The van der Waals surface area contributed by atoms with Crippen LogP contribution in [0, 0.1) is 13.8 Å². The summed E-state index contributed by atoms with van der Waals surface area (Å²) < 4.78 is 13.3. The van der Waals surface area contributed by atoms with Gasteiger partial charge >= 0.3 is 0 Å². The SMILES string of the molecule is Cc1cccc(N(C2=Cc3cc4oc5cc6c(cc5c4cc3CC2)oc2cc3c(cc26)C=CC(N(c2ccccc2)c2cccc(C)c2)C3)c2ccccc2)c1. The molecule has 270 valence electrons. The van der Waals surface area contributed by atoms with Crippen LogP contribution in [0.15, 0.2) is 166 Å². The Kier molecular flexibility index (Phi) is 7.53. The predicted octanol–water partition coefficient (Wildman–Crippen LogP) is 14.0. The van der Waals surface area contributed by atoms with Crippen LogP contribution in [0.1, 0.15) is 39.8 Å². The molecule has 0 radical (unpaired) electrons. The Hall–Kier alpha value is -6.78. The summed E-state index contributed by atoms with van der Waals surface area (Å²) in [5.74, 6) is 0. The van der Waals surface area contributed by atoms with Crippen molar-refractivity contribution in [1.82, 2.24) is 0 Å². The lowest BCUT2D eigenvalue weighted by Gasteiger charge is -2.34. The van der Waals surface area contributed by atoms with E-state index in [1.807, 2.05) is 0 Å². The fourth-order valence-electron chi connectivity index (χ4n) is 9.04. The molecule has 0 spiro atoms. The highest BCUT2D eigenvalue weighted by molar-refractivity contribution is 6.15. The molecule has 0 saturated carbocycles. The fourth-order valence-corrected chi connectivity index (χ4v) is 9.04. The predicted molar refractivity (Wildman–Crippen MR) is 233 cm³/mol. The molecule has 9 aromatic rings. The number of rotatable bonds is 6. The van der Waals surface area contributed by atoms with Crippen molar-refractivity contribution in [2.45, 2.75) is 39.2 Å². The van der Waals surface area contributed by atoms with Gasteiger partial charge in [0.15, 0.2) is 0 Å². The van der Waals surface area contributed by atoms with Gasteiger partial charge in [-0.25, -0.2) is 0 Å². The Morgan fingerprint density at radius 3 is 1.79 bits per heavy atom. The molecule has 0 saturated heterocycles. The van der Waals surface area contributed by atoms with Crippen molar-refractivity contribution >= 4 is 78.8 Å². The zero-order chi connectivity index (χ0) is 37.3. The van der Waals surface area contributed by atoms with Crippen LogP contribution in [-0.4, -0.2) is 6.04 Å². The van der Waals surface area contributed by atoms with E-state index in [1.165, 1.54) is 61.8 Å². The van der Waals surface area contributed by atoms with E-state index in [1.54, 1.807) is 0 Å². The molecule has 0 fully saturated rings. The number of hydrogen-bond donors (Lipinski definition) is 0. The fraction of sp³-hybridized carbons (Fsp3) is 0.115. The molecule has 0 amide bonds. The molecule has 2 aromatic heterocycles. The van der Waals surface area contributed by atoms with E-state index in [-0.39, 0.29) is 6.04 Å². The Bertz CT molecular complexity index is 3040. The second kappa shape index (κ2) is 12.9. The first-order valence-corrected chi connectivity index (χ1v) is 19.6. The van der Waals surface area contributed by atoms with Crippen LogP contribution >= 0.6 is 0 Å². The van der Waals surface area contributed by atoms with E-state index in [4.69, 9.17) is 8.83 Å². The van der Waals surface area contributed by atoms with Gasteiger partial charge in [0, 0.05) is 50.0 Å². The molecule has 4 heteroatoms. The largest absolute Gasteiger partial charge is 0.456 e. The molecule has 2 aliphatic rings. The number of anilines is 4. The van der Waals surface area contributed by atoms with Crippen molar-refractivity contribution in [1.29, 1.82) is 0 Å². The van der Waals surface area contributed by atoms with Gasteiger partial charge in [-0.15, -0.1) is 0 Å². The highest BCUT2D eigenvalue weighted by atomic mass is 16.3. The average molecular weight is 725 g/mol. The van der Waals surface area contributed by atoms with Gasteiger partial charge in [-0.1, -0.05) is 72.8 Å². The highest BCUT2D eigenvalue weighted by Gasteiger charge is 2.25. The summed E-state index contributed by atoms with van der Waals surface area (Å²) >= 11 is 0. The van der Waals surface area contributed by atoms with E-state index < -0.39 is 0 Å². The smallest absolute Gasteiger partial charge is 0.136 e. The van der Waals surface area contributed by atoms with Gasteiger partial charge in [-0.05, 0) is 157 Å². The first-order valence-electron chi connectivity index (χ1n) is 19.6. The van der Waals surface area contributed by atoms with Crippen LogP contribution < -0.4 is 9.80 Å². The maximum Gasteiger partial charge on any atom is 0.136 e. The Labute approximate surface area is 326 Å². The number of para-hydroxylation sites is 2. The maximum atomic E-state index is 6.68. The zero-order valence-corrected chi connectivity index (χ0v) is 31.5. The van der Waals surface area contributed by atoms with Crippen LogP contribution in [0.2, 0.25) is 0 Å². The summed E-state index contributed by atoms with van der Waals surface area (Å²) in [4.78, 5) is 4.85. The quantitative estimate of drug-likeness (QED) is 0.171. The first kappa shape index (κ1) is 32.6. The van der Waals surface area contributed by atoms with E-state index in [0.717, 1.165) is 63.1 Å². The maximum absolute atomic E-state index is 6.68. The van der Waals surface area contributed by atoms with Crippen molar-refractivity contribution in [2.24, 2.45) is 0 Å². The second-order valence-corrected chi connectivity index (χ2v) is 15.5. The number of aryl methyl sites for hydroxylation is 3.